The van der Waals surface area contributed by atoms with E-state index in [0.717, 1.165) is 18.7 Å². The maximum atomic E-state index is 11.7. The third kappa shape index (κ3) is 5.61. The predicted molar refractivity (Wildman–Crippen MR) is 87.3 cm³/mol. The molecule has 2 aromatic rings. The lowest BCUT2D eigenvalue weighted by Crippen LogP contribution is -2.30. The summed E-state index contributed by atoms with van der Waals surface area (Å²) in [6.45, 7) is 1.30. The molecule has 2 rings (SSSR count). The summed E-state index contributed by atoms with van der Waals surface area (Å²) in [5, 5.41) is 6.51. The summed E-state index contributed by atoms with van der Waals surface area (Å²) in [6.07, 6.45) is 4.30. The number of pyridine rings is 1. The number of aromatic nitrogens is 1. The minimum atomic E-state index is -0.165. The van der Waals surface area contributed by atoms with Crippen LogP contribution in [0.2, 0.25) is 5.02 Å². The fourth-order valence-corrected chi connectivity index (χ4v) is 1.96. The molecule has 1 amide bonds. The second-order valence-corrected chi connectivity index (χ2v) is 5.00. The van der Waals surface area contributed by atoms with Crippen LogP contribution in [0.3, 0.4) is 0 Å². The van der Waals surface area contributed by atoms with Crippen LogP contribution in [0.25, 0.3) is 0 Å². The normalized spacial score (nSPS) is 10.0. The number of carbonyl (C=O) groups is 1. The van der Waals surface area contributed by atoms with Gasteiger partial charge in [0, 0.05) is 25.5 Å². The van der Waals surface area contributed by atoms with Gasteiger partial charge in [-0.25, -0.2) is 0 Å². The standard InChI is InChI=1S/C16H18ClN3O2/c17-14-6-1-2-7-15(14)22-12-16(21)20-10-4-9-19-13-5-3-8-18-11-13/h1-3,5-8,11,19H,4,9-10,12H2,(H,20,21). The number of benzene rings is 1. The molecular weight excluding hydrogens is 302 g/mol. The van der Waals surface area contributed by atoms with Crippen molar-refractivity contribution in [3.05, 3.63) is 53.8 Å². The number of hydrogen-bond acceptors (Lipinski definition) is 4. The second-order valence-electron chi connectivity index (χ2n) is 4.59. The van der Waals surface area contributed by atoms with Crippen LogP contribution in [0.5, 0.6) is 5.75 Å². The zero-order valence-electron chi connectivity index (χ0n) is 12.1. The van der Waals surface area contributed by atoms with E-state index in [4.69, 9.17) is 16.3 Å². The van der Waals surface area contributed by atoms with Crippen LogP contribution in [-0.4, -0.2) is 30.6 Å². The number of anilines is 1. The Labute approximate surface area is 134 Å². The molecule has 5 nitrogen and oxygen atoms in total. The average Bonchev–Trinajstić information content (AvgIpc) is 2.55. The van der Waals surface area contributed by atoms with E-state index >= 15 is 0 Å². The molecule has 0 aliphatic heterocycles. The number of nitrogens with one attached hydrogen (secondary N) is 2. The van der Waals surface area contributed by atoms with Gasteiger partial charge in [-0.05, 0) is 30.7 Å². The number of ether oxygens (including phenoxy) is 1. The molecule has 0 unspecified atom stereocenters. The molecule has 0 fully saturated rings. The van der Waals surface area contributed by atoms with Gasteiger partial charge in [0.1, 0.15) is 5.75 Å². The highest BCUT2D eigenvalue weighted by atomic mass is 35.5. The third-order valence-electron chi connectivity index (χ3n) is 2.86. The van der Waals surface area contributed by atoms with E-state index < -0.39 is 0 Å². The molecule has 0 bridgehead atoms. The molecule has 0 saturated carbocycles. The minimum Gasteiger partial charge on any atom is -0.482 e. The van der Waals surface area contributed by atoms with Gasteiger partial charge in [-0.1, -0.05) is 23.7 Å². The highest BCUT2D eigenvalue weighted by Crippen LogP contribution is 2.22. The van der Waals surface area contributed by atoms with Crippen molar-refractivity contribution in [2.24, 2.45) is 0 Å². The van der Waals surface area contributed by atoms with Crippen molar-refractivity contribution >= 4 is 23.2 Å². The second kappa shape index (κ2) is 8.89. The number of hydrogen-bond donors (Lipinski definition) is 2. The Morgan fingerprint density at radius 2 is 2.05 bits per heavy atom. The molecule has 1 heterocycles. The zero-order valence-corrected chi connectivity index (χ0v) is 12.8. The monoisotopic (exact) mass is 319 g/mol. The first-order chi connectivity index (χ1) is 10.8. The molecule has 2 N–H and O–H groups in total. The van der Waals surface area contributed by atoms with Gasteiger partial charge in [0.05, 0.1) is 10.7 Å². The number of para-hydroxylation sites is 1. The van der Waals surface area contributed by atoms with Crippen LogP contribution in [0.15, 0.2) is 48.8 Å². The van der Waals surface area contributed by atoms with Crippen molar-refractivity contribution in [1.29, 1.82) is 0 Å². The maximum Gasteiger partial charge on any atom is 0.257 e. The number of rotatable bonds is 8. The predicted octanol–water partition coefficient (Wildman–Crippen LogP) is 2.73. The van der Waals surface area contributed by atoms with Gasteiger partial charge in [-0.2, -0.15) is 0 Å². The van der Waals surface area contributed by atoms with Gasteiger partial charge in [-0.3, -0.25) is 9.78 Å². The summed E-state index contributed by atoms with van der Waals surface area (Å²) >= 11 is 5.94. The van der Waals surface area contributed by atoms with Crippen LogP contribution in [0, 0.1) is 0 Å². The van der Waals surface area contributed by atoms with Gasteiger partial charge in [0.2, 0.25) is 0 Å². The van der Waals surface area contributed by atoms with Gasteiger partial charge < -0.3 is 15.4 Å². The first kappa shape index (κ1) is 16.1. The average molecular weight is 320 g/mol. The van der Waals surface area contributed by atoms with Crippen molar-refractivity contribution in [3.8, 4) is 5.75 Å². The molecule has 1 aromatic heterocycles. The highest BCUT2D eigenvalue weighted by Gasteiger charge is 2.04. The topological polar surface area (TPSA) is 63.2 Å². The molecule has 0 atom stereocenters. The number of nitrogens with zero attached hydrogens (tertiary/aromatic N) is 1. The summed E-state index contributed by atoms with van der Waals surface area (Å²) in [5.41, 5.74) is 0.968. The number of amides is 1. The number of halogens is 1. The van der Waals surface area contributed by atoms with Crippen molar-refractivity contribution in [1.82, 2.24) is 10.3 Å². The lowest BCUT2D eigenvalue weighted by Gasteiger charge is -2.09. The fourth-order valence-electron chi connectivity index (χ4n) is 1.77. The smallest absolute Gasteiger partial charge is 0.257 e. The van der Waals surface area contributed by atoms with E-state index in [1.807, 2.05) is 24.3 Å². The Morgan fingerprint density at radius 3 is 2.82 bits per heavy atom. The molecule has 1 aromatic carbocycles. The Bertz CT molecular complexity index is 593. The molecular formula is C16H18ClN3O2. The van der Waals surface area contributed by atoms with Crippen molar-refractivity contribution in [2.75, 3.05) is 25.0 Å². The van der Waals surface area contributed by atoms with E-state index in [2.05, 4.69) is 15.6 Å². The quantitative estimate of drug-likeness (QED) is 0.734. The molecule has 0 radical (unpaired) electrons. The molecule has 116 valence electrons. The van der Waals surface area contributed by atoms with E-state index in [-0.39, 0.29) is 12.5 Å². The maximum absolute atomic E-state index is 11.7. The Morgan fingerprint density at radius 1 is 1.18 bits per heavy atom. The van der Waals surface area contributed by atoms with Crippen molar-refractivity contribution < 1.29 is 9.53 Å². The third-order valence-corrected chi connectivity index (χ3v) is 3.17. The summed E-state index contributed by atoms with van der Waals surface area (Å²) in [4.78, 5) is 15.7. The minimum absolute atomic E-state index is 0.0419. The first-order valence-electron chi connectivity index (χ1n) is 7.03. The van der Waals surface area contributed by atoms with Crippen LogP contribution in [0.4, 0.5) is 5.69 Å². The van der Waals surface area contributed by atoms with E-state index in [1.54, 1.807) is 24.5 Å². The van der Waals surface area contributed by atoms with Gasteiger partial charge in [-0.15, -0.1) is 0 Å². The summed E-state index contributed by atoms with van der Waals surface area (Å²) in [5.74, 6) is 0.346. The largest absolute Gasteiger partial charge is 0.482 e. The lowest BCUT2D eigenvalue weighted by atomic mass is 10.3. The van der Waals surface area contributed by atoms with Crippen LogP contribution in [-0.2, 0) is 4.79 Å². The first-order valence-corrected chi connectivity index (χ1v) is 7.41. The van der Waals surface area contributed by atoms with E-state index in [9.17, 15) is 4.79 Å². The summed E-state index contributed by atoms with van der Waals surface area (Å²) in [6, 6.07) is 10.9. The van der Waals surface area contributed by atoms with Crippen molar-refractivity contribution in [2.45, 2.75) is 6.42 Å². The van der Waals surface area contributed by atoms with Crippen LogP contribution >= 0.6 is 11.6 Å². The Hall–Kier alpha value is -2.27. The molecule has 0 aliphatic rings. The molecule has 22 heavy (non-hydrogen) atoms. The molecule has 6 heteroatoms. The van der Waals surface area contributed by atoms with Gasteiger partial charge in [0.25, 0.3) is 5.91 Å². The fraction of sp³-hybridized carbons (Fsp3) is 0.250. The molecule has 0 spiro atoms. The Balaban J connectivity index is 1.57. The van der Waals surface area contributed by atoms with E-state index in [1.165, 1.54) is 0 Å². The number of carbonyl (C=O) groups excluding carboxylic acids is 1. The Kier molecular flexibility index (Phi) is 6.51. The van der Waals surface area contributed by atoms with Crippen molar-refractivity contribution in [3.63, 3.8) is 0 Å². The molecule has 0 aliphatic carbocycles. The summed E-state index contributed by atoms with van der Waals surface area (Å²) in [7, 11) is 0. The lowest BCUT2D eigenvalue weighted by molar-refractivity contribution is -0.123. The van der Waals surface area contributed by atoms with E-state index in [0.29, 0.717) is 17.3 Å². The SMILES string of the molecule is O=C(COc1ccccc1Cl)NCCCNc1cccnc1. The van der Waals surface area contributed by atoms with Crippen LogP contribution < -0.4 is 15.4 Å². The van der Waals surface area contributed by atoms with Gasteiger partial charge >= 0.3 is 0 Å². The van der Waals surface area contributed by atoms with Gasteiger partial charge in [0.15, 0.2) is 6.61 Å². The highest BCUT2D eigenvalue weighted by molar-refractivity contribution is 6.32. The van der Waals surface area contributed by atoms with Crippen LogP contribution in [0.1, 0.15) is 6.42 Å². The summed E-state index contributed by atoms with van der Waals surface area (Å²) < 4.78 is 5.36. The zero-order chi connectivity index (χ0) is 15.6. The molecule has 0 saturated heterocycles.